The number of rotatable bonds is 6. The van der Waals surface area contributed by atoms with Crippen molar-refractivity contribution in [2.75, 3.05) is 13.9 Å². The summed E-state index contributed by atoms with van der Waals surface area (Å²) in [7, 11) is 1.60. The molecule has 2 aliphatic rings. The Morgan fingerprint density at radius 2 is 2.00 bits per heavy atom. The zero-order valence-electron chi connectivity index (χ0n) is 13.8. The van der Waals surface area contributed by atoms with Gasteiger partial charge < -0.3 is 19.2 Å². The lowest BCUT2D eigenvalue weighted by molar-refractivity contribution is 0.171. The molecule has 8 heteroatoms. The maximum atomic E-state index is 11.5. The van der Waals surface area contributed by atoms with Gasteiger partial charge in [-0.3, -0.25) is 14.7 Å². The molecule has 0 bridgehead atoms. The Morgan fingerprint density at radius 3 is 2.72 bits per heavy atom. The molecule has 132 valence electrons. The van der Waals surface area contributed by atoms with Gasteiger partial charge in [0.2, 0.25) is 12.5 Å². The molecule has 1 aliphatic heterocycles. The average molecular weight is 345 g/mol. The average Bonchev–Trinajstić information content (AvgIpc) is 3.30. The van der Waals surface area contributed by atoms with Crippen molar-refractivity contribution in [2.24, 2.45) is 0 Å². The fraction of sp³-hybridized carbons (Fsp3) is 0.412. The van der Waals surface area contributed by atoms with E-state index in [-0.39, 0.29) is 12.4 Å². The minimum Gasteiger partial charge on any atom is -0.493 e. The maximum absolute atomic E-state index is 11.5. The van der Waals surface area contributed by atoms with Crippen LogP contribution < -0.4 is 25.5 Å². The molecule has 2 heterocycles. The first kappa shape index (κ1) is 15.8. The SMILES string of the molecule is COc1cc(CN(Cc2cc(=O)[nH]c(=O)[nH]2)C2CC2)cc2c1OCO2. The Balaban J connectivity index is 1.58. The van der Waals surface area contributed by atoms with Gasteiger partial charge in [-0.15, -0.1) is 0 Å². The van der Waals surface area contributed by atoms with Crippen molar-refractivity contribution in [3.05, 3.63) is 50.3 Å². The van der Waals surface area contributed by atoms with Gasteiger partial charge in [0.15, 0.2) is 11.5 Å². The molecule has 0 amide bonds. The van der Waals surface area contributed by atoms with E-state index in [2.05, 4.69) is 14.9 Å². The van der Waals surface area contributed by atoms with Gasteiger partial charge in [0.25, 0.3) is 5.56 Å². The van der Waals surface area contributed by atoms with E-state index in [9.17, 15) is 9.59 Å². The van der Waals surface area contributed by atoms with Gasteiger partial charge in [-0.2, -0.15) is 0 Å². The number of fused-ring (bicyclic) bond motifs is 1. The van der Waals surface area contributed by atoms with Crippen molar-refractivity contribution < 1.29 is 14.2 Å². The number of methoxy groups -OCH3 is 1. The smallest absolute Gasteiger partial charge is 0.325 e. The molecular formula is C17H19N3O5. The van der Waals surface area contributed by atoms with Crippen LogP contribution in [0.2, 0.25) is 0 Å². The molecule has 8 nitrogen and oxygen atoms in total. The second-order valence-corrected chi connectivity index (χ2v) is 6.28. The van der Waals surface area contributed by atoms with Crippen molar-refractivity contribution >= 4 is 0 Å². The number of aromatic nitrogens is 2. The summed E-state index contributed by atoms with van der Waals surface area (Å²) >= 11 is 0. The van der Waals surface area contributed by atoms with Gasteiger partial charge in [-0.1, -0.05) is 0 Å². The number of hydrogen-bond donors (Lipinski definition) is 2. The maximum Gasteiger partial charge on any atom is 0.325 e. The highest BCUT2D eigenvalue weighted by atomic mass is 16.7. The van der Waals surface area contributed by atoms with Gasteiger partial charge in [-0.05, 0) is 30.5 Å². The Kier molecular flexibility index (Phi) is 3.96. The first-order chi connectivity index (χ1) is 12.1. The Bertz CT molecular complexity index is 872. The predicted octanol–water partition coefficient (Wildman–Crippen LogP) is 0.965. The van der Waals surface area contributed by atoms with Gasteiger partial charge in [0.1, 0.15) is 0 Å². The zero-order valence-corrected chi connectivity index (χ0v) is 13.8. The fourth-order valence-corrected chi connectivity index (χ4v) is 3.09. The van der Waals surface area contributed by atoms with E-state index >= 15 is 0 Å². The van der Waals surface area contributed by atoms with Crippen LogP contribution in [-0.4, -0.2) is 34.8 Å². The molecule has 1 aromatic carbocycles. The van der Waals surface area contributed by atoms with E-state index in [0.717, 1.165) is 18.4 Å². The molecule has 0 spiro atoms. The summed E-state index contributed by atoms with van der Waals surface area (Å²) in [5.41, 5.74) is 0.760. The van der Waals surface area contributed by atoms with E-state index in [0.29, 0.717) is 42.1 Å². The summed E-state index contributed by atoms with van der Waals surface area (Å²) in [4.78, 5) is 30.1. The number of aromatic amines is 2. The predicted molar refractivity (Wildman–Crippen MR) is 89.1 cm³/mol. The Hall–Kier alpha value is -2.74. The highest BCUT2D eigenvalue weighted by Crippen LogP contribution is 2.42. The first-order valence-corrected chi connectivity index (χ1v) is 8.15. The lowest BCUT2D eigenvalue weighted by Gasteiger charge is -2.22. The third-order valence-corrected chi connectivity index (χ3v) is 4.36. The van der Waals surface area contributed by atoms with Crippen LogP contribution in [-0.2, 0) is 13.1 Å². The van der Waals surface area contributed by atoms with Crippen molar-refractivity contribution in [3.63, 3.8) is 0 Å². The zero-order chi connectivity index (χ0) is 17.4. The molecule has 1 fully saturated rings. The van der Waals surface area contributed by atoms with Crippen molar-refractivity contribution in [3.8, 4) is 17.2 Å². The van der Waals surface area contributed by atoms with E-state index in [1.54, 1.807) is 7.11 Å². The Labute approximate surface area is 143 Å². The van der Waals surface area contributed by atoms with Crippen LogP contribution >= 0.6 is 0 Å². The van der Waals surface area contributed by atoms with Gasteiger partial charge in [-0.25, -0.2) is 4.79 Å². The van der Waals surface area contributed by atoms with Crippen LogP contribution in [0.3, 0.4) is 0 Å². The molecule has 0 unspecified atom stereocenters. The topological polar surface area (TPSA) is 96.7 Å². The summed E-state index contributed by atoms with van der Waals surface area (Å²) in [6, 6.07) is 5.75. The lowest BCUT2D eigenvalue weighted by Crippen LogP contribution is -2.29. The summed E-state index contributed by atoms with van der Waals surface area (Å²) < 4.78 is 16.3. The summed E-state index contributed by atoms with van der Waals surface area (Å²) in [5.74, 6) is 1.95. The lowest BCUT2D eigenvalue weighted by atomic mass is 10.1. The molecule has 2 N–H and O–H groups in total. The van der Waals surface area contributed by atoms with Crippen LogP contribution in [0.25, 0.3) is 0 Å². The van der Waals surface area contributed by atoms with Crippen LogP contribution in [0.1, 0.15) is 24.1 Å². The standard InChI is InChI=1S/C17H19N3O5/c1-23-13-4-10(5-14-16(13)25-9-24-14)7-20(12-2-3-12)8-11-6-15(21)19-17(22)18-11/h4-6,12H,2-3,7-9H2,1H3,(H2,18,19,21,22). The molecule has 0 atom stereocenters. The first-order valence-electron chi connectivity index (χ1n) is 8.15. The molecule has 1 saturated carbocycles. The van der Waals surface area contributed by atoms with Crippen LogP contribution in [0.5, 0.6) is 17.2 Å². The number of hydrogen-bond acceptors (Lipinski definition) is 6. The molecule has 2 aromatic rings. The molecule has 0 saturated heterocycles. The van der Waals surface area contributed by atoms with Crippen LogP contribution in [0.4, 0.5) is 0 Å². The van der Waals surface area contributed by atoms with Crippen LogP contribution in [0, 0.1) is 0 Å². The highest BCUT2D eigenvalue weighted by molar-refractivity contribution is 5.55. The van der Waals surface area contributed by atoms with Gasteiger partial charge in [0, 0.05) is 30.9 Å². The van der Waals surface area contributed by atoms with E-state index in [1.807, 2.05) is 12.1 Å². The van der Waals surface area contributed by atoms with Crippen molar-refractivity contribution in [1.82, 2.24) is 14.9 Å². The molecule has 1 aromatic heterocycles. The monoisotopic (exact) mass is 345 g/mol. The van der Waals surface area contributed by atoms with E-state index in [4.69, 9.17) is 14.2 Å². The minimum atomic E-state index is -0.483. The molecule has 1 aliphatic carbocycles. The van der Waals surface area contributed by atoms with E-state index < -0.39 is 5.69 Å². The van der Waals surface area contributed by atoms with Crippen molar-refractivity contribution in [2.45, 2.75) is 32.0 Å². The highest BCUT2D eigenvalue weighted by Gasteiger charge is 2.30. The molecule has 0 radical (unpaired) electrons. The third-order valence-electron chi connectivity index (χ3n) is 4.36. The Morgan fingerprint density at radius 1 is 1.16 bits per heavy atom. The number of ether oxygens (including phenoxy) is 3. The molecule has 4 rings (SSSR count). The summed E-state index contributed by atoms with van der Waals surface area (Å²) in [6.07, 6.45) is 2.21. The summed E-state index contributed by atoms with van der Waals surface area (Å²) in [5, 5.41) is 0. The van der Waals surface area contributed by atoms with Gasteiger partial charge in [0.05, 0.1) is 7.11 Å². The number of H-pyrrole nitrogens is 2. The number of nitrogens with zero attached hydrogens (tertiary/aromatic N) is 1. The second kappa shape index (κ2) is 6.29. The molecular weight excluding hydrogens is 326 g/mol. The largest absolute Gasteiger partial charge is 0.493 e. The quantitative estimate of drug-likeness (QED) is 0.810. The number of nitrogens with one attached hydrogen (secondary N) is 2. The van der Waals surface area contributed by atoms with Gasteiger partial charge >= 0.3 is 5.69 Å². The van der Waals surface area contributed by atoms with E-state index in [1.165, 1.54) is 6.07 Å². The third kappa shape index (κ3) is 3.39. The molecule has 25 heavy (non-hydrogen) atoms. The fourth-order valence-electron chi connectivity index (χ4n) is 3.09. The van der Waals surface area contributed by atoms with Crippen LogP contribution in [0.15, 0.2) is 27.8 Å². The van der Waals surface area contributed by atoms with Crippen molar-refractivity contribution in [1.29, 1.82) is 0 Å². The minimum absolute atomic E-state index is 0.190. The number of benzene rings is 1. The second-order valence-electron chi connectivity index (χ2n) is 6.28. The summed E-state index contributed by atoms with van der Waals surface area (Å²) in [6.45, 7) is 1.35. The normalized spacial score (nSPS) is 15.6.